The largest absolute Gasteiger partial charge is 0.358 e. The molecule has 0 saturated heterocycles. The molecule has 29 heavy (non-hydrogen) atoms. The van der Waals surface area contributed by atoms with E-state index in [1.54, 1.807) is 6.21 Å². The third kappa shape index (κ3) is 5.35. The van der Waals surface area contributed by atoms with Crippen LogP contribution in [0.3, 0.4) is 0 Å². The van der Waals surface area contributed by atoms with Crippen LogP contribution in [0.5, 0.6) is 0 Å². The van der Waals surface area contributed by atoms with Crippen LogP contribution in [0.15, 0.2) is 90.3 Å². The summed E-state index contributed by atoms with van der Waals surface area (Å²) in [5.41, 5.74) is 6.90. The smallest absolute Gasteiger partial charge is 0.0497 e. The van der Waals surface area contributed by atoms with Crippen molar-refractivity contribution in [1.82, 2.24) is 5.32 Å². The molecule has 0 atom stereocenters. The lowest BCUT2D eigenvalue weighted by Crippen LogP contribution is -2.23. The first kappa shape index (κ1) is 20.9. The third-order valence-electron chi connectivity index (χ3n) is 5.67. The molecule has 0 bridgehead atoms. The first-order chi connectivity index (χ1) is 14.0. The van der Waals surface area contributed by atoms with Crippen LogP contribution in [0.1, 0.15) is 56.2 Å². The summed E-state index contributed by atoms with van der Waals surface area (Å²) in [6.45, 7) is 12.7. The van der Waals surface area contributed by atoms with Gasteiger partial charge in [-0.1, -0.05) is 81.1 Å². The number of nitrogens with one attached hydrogen (secondary N) is 1. The maximum atomic E-state index is 4.43. The molecule has 150 valence electrons. The molecule has 0 radical (unpaired) electrons. The van der Waals surface area contributed by atoms with Gasteiger partial charge in [0.2, 0.25) is 0 Å². The molecule has 1 saturated carbocycles. The number of hydrogen-bond donors (Lipinski definition) is 1. The standard InChI is InChI=1S/C27H32N2/c1-5-6-11-24-12-10-15-26(18-24)27(16-17-27)23(4)29-22(3)20-28-19-21(2)25-13-8-7-9-14-25/h7-10,12-15,18-20,29H,3-6,11,16-17H2,1-2H3/b21-19+,28-20?. The minimum absolute atomic E-state index is 0.0365. The van der Waals surface area contributed by atoms with E-state index in [1.807, 2.05) is 24.4 Å². The molecule has 1 aliphatic rings. The Hall–Kier alpha value is -2.87. The molecule has 2 aromatic carbocycles. The van der Waals surface area contributed by atoms with Crippen LogP contribution in [-0.2, 0) is 11.8 Å². The lowest BCUT2D eigenvalue weighted by atomic mass is 9.90. The number of hydrogen-bond acceptors (Lipinski definition) is 2. The molecule has 2 heteroatoms. The monoisotopic (exact) mass is 384 g/mol. The summed E-state index contributed by atoms with van der Waals surface area (Å²) in [7, 11) is 0. The molecule has 0 heterocycles. The van der Waals surface area contributed by atoms with Gasteiger partial charge in [0.1, 0.15) is 0 Å². The Morgan fingerprint density at radius 1 is 1.10 bits per heavy atom. The summed E-state index contributed by atoms with van der Waals surface area (Å²) in [4.78, 5) is 4.43. The third-order valence-corrected chi connectivity index (χ3v) is 5.67. The fourth-order valence-electron chi connectivity index (χ4n) is 3.66. The van der Waals surface area contributed by atoms with Crippen molar-refractivity contribution in [2.75, 3.05) is 0 Å². The number of benzene rings is 2. The van der Waals surface area contributed by atoms with E-state index in [1.165, 1.54) is 29.5 Å². The fourth-order valence-corrected chi connectivity index (χ4v) is 3.66. The minimum atomic E-state index is 0.0365. The number of allylic oxidation sites excluding steroid dienone is 3. The molecular formula is C27H32N2. The predicted molar refractivity (Wildman–Crippen MR) is 126 cm³/mol. The molecule has 0 amide bonds. The van der Waals surface area contributed by atoms with Gasteiger partial charge in [-0.2, -0.15) is 0 Å². The number of aryl methyl sites for hydroxylation is 1. The summed E-state index contributed by atoms with van der Waals surface area (Å²) in [6, 6.07) is 19.3. The van der Waals surface area contributed by atoms with Crippen molar-refractivity contribution in [2.45, 2.75) is 51.4 Å². The van der Waals surface area contributed by atoms with Crippen LogP contribution in [0.2, 0.25) is 0 Å². The van der Waals surface area contributed by atoms with Gasteiger partial charge in [-0.3, -0.25) is 4.99 Å². The topological polar surface area (TPSA) is 24.4 Å². The predicted octanol–water partition coefficient (Wildman–Crippen LogP) is 6.81. The Bertz CT molecular complexity index is 915. The molecule has 0 aliphatic heterocycles. The number of aliphatic imine (C=N–C) groups is 1. The number of unbranched alkanes of at least 4 members (excludes halogenated alkanes) is 1. The number of rotatable bonds is 10. The van der Waals surface area contributed by atoms with E-state index >= 15 is 0 Å². The van der Waals surface area contributed by atoms with Crippen molar-refractivity contribution in [3.63, 3.8) is 0 Å². The highest BCUT2D eigenvalue weighted by Gasteiger charge is 2.47. The normalized spacial score (nSPS) is 15.3. The molecule has 1 fully saturated rings. The highest BCUT2D eigenvalue weighted by Crippen LogP contribution is 2.52. The fraction of sp³-hybridized carbons (Fsp3) is 0.296. The van der Waals surface area contributed by atoms with Crippen LogP contribution >= 0.6 is 0 Å². The van der Waals surface area contributed by atoms with Gasteiger partial charge in [-0.25, -0.2) is 0 Å². The van der Waals surface area contributed by atoms with Crippen molar-refractivity contribution in [3.8, 4) is 0 Å². The van der Waals surface area contributed by atoms with E-state index in [0.717, 1.165) is 36.2 Å². The van der Waals surface area contributed by atoms with E-state index in [2.05, 4.69) is 73.7 Å². The quantitative estimate of drug-likeness (QED) is 0.447. The summed E-state index contributed by atoms with van der Waals surface area (Å²) in [6.07, 6.45) is 9.51. The second kappa shape index (κ2) is 9.56. The highest BCUT2D eigenvalue weighted by molar-refractivity contribution is 5.79. The zero-order valence-electron chi connectivity index (χ0n) is 17.7. The average Bonchev–Trinajstić information content (AvgIpc) is 3.55. The van der Waals surface area contributed by atoms with Gasteiger partial charge in [0.15, 0.2) is 0 Å². The lowest BCUT2D eigenvalue weighted by Gasteiger charge is -2.21. The second-order valence-electron chi connectivity index (χ2n) is 7.97. The Kier molecular flexibility index (Phi) is 6.87. The summed E-state index contributed by atoms with van der Waals surface area (Å²) in [5, 5.41) is 3.39. The minimum Gasteiger partial charge on any atom is -0.358 e. The molecule has 2 nitrogen and oxygen atoms in total. The molecule has 1 aliphatic carbocycles. The highest BCUT2D eigenvalue weighted by atomic mass is 14.9. The Labute approximate surface area is 175 Å². The van der Waals surface area contributed by atoms with Gasteiger partial charge in [-0.05, 0) is 54.9 Å². The van der Waals surface area contributed by atoms with E-state index in [0.29, 0.717) is 0 Å². The van der Waals surface area contributed by atoms with Crippen LogP contribution in [0, 0.1) is 0 Å². The van der Waals surface area contributed by atoms with E-state index in [-0.39, 0.29) is 5.41 Å². The zero-order chi connectivity index (χ0) is 20.7. The molecule has 2 aromatic rings. The molecule has 0 aromatic heterocycles. The maximum Gasteiger partial charge on any atom is 0.0497 e. The Balaban J connectivity index is 1.61. The first-order valence-corrected chi connectivity index (χ1v) is 10.6. The van der Waals surface area contributed by atoms with Gasteiger partial charge in [-0.15, -0.1) is 0 Å². The zero-order valence-corrected chi connectivity index (χ0v) is 17.7. The van der Waals surface area contributed by atoms with Crippen molar-refractivity contribution >= 4 is 11.8 Å². The van der Waals surface area contributed by atoms with E-state index in [9.17, 15) is 0 Å². The average molecular weight is 385 g/mol. The SMILES string of the molecule is C=C(C=N/C=C(\C)c1ccccc1)NC(=C)C1(c2cccc(CCCC)c2)CC1. The molecular weight excluding hydrogens is 352 g/mol. The van der Waals surface area contributed by atoms with Gasteiger partial charge in [0, 0.05) is 29.2 Å². The summed E-state index contributed by atoms with van der Waals surface area (Å²) < 4.78 is 0. The lowest BCUT2D eigenvalue weighted by molar-refractivity contribution is 0.746. The van der Waals surface area contributed by atoms with Gasteiger partial charge in [0.25, 0.3) is 0 Å². The molecule has 0 spiro atoms. The van der Waals surface area contributed by atoms with E-state index in [4.69, 9.17) is 0 Å². The van der Waals surface area contributed by atoms with Crippen LogP contribution in [0.25, 0.3) is 5.57 Å². The maximum absolute atomic E-state index is 4.43. The van der Waals surface area contributed by atoms with Crippen LogP contribution in [-0.4, -0.2) is 6.21 Å². The van der Waals surface area contributed by atoms with Crippen molar-refractivity contribution in [2.24, 2.45) is 4.99 Å². The number of nitrogens with zero attached hydrogens (tertiary/aromatic N) is 1. The van der Waals surface area contributed by atoms with Crippen molar-refractivity contribution in [1.29, 1.82) is 0 Å². The van der Waals surface area contributed by atoms with Crippen LogP contribution in [0.4, 0.5) is 0 Å². The second-order valence-corrected chi connectivity index (χ2v) is 7.97. The van der Waals surface area contributed by atoms with Gasteiger partial charge >= 0.3 is 0 Å². The molecule has 0 unspecified atom stereocenters. The summed E-state index contributed by atoms with van der Waals surface area (Å²) in [5.74, 6) is 0. The van der Waals surface area contributed by atoms with Gasteiger partial charge in [0.05, 0.1) is 0 Å². The molecule has 3 rings (SSSR count). The Morgan fingerprint density at radius 2 is 1.86 bits per heavy atom. The van der Waals surface area contributed by atoms with Crippen molar-refractivity contribution in [3.05, 3.63) is 102 Å². The first-order valence-electron chi connectivity index (χ1n) is 10.6. The van der Waals surface area contributed by atoms with Crippen LogP contribution < -0.4 is 5.32 Å². The Morgan fingerprint density at radius 3 is 2.55 bits per heavy atom. The van der Waals surface area contributed by atoms with Crippen molar-refractivity contribution < 1.29 is 0 Å². The van der Waals surface area contributed by atoms with Gasteiger partial charge < -0.3 is 5.32 Å². The van der Waals surface area contributed by atoms with E-state index < -0.39 is 0 Å². The summed E-state index contributed by atoms with van der Waals surface area (Å²) >= 11 is 0. The molecule has 1 N–H and O–H groups in total.